The summed E-state index contributed by atoms with van der Waals surface area (Å²) in [5, 5.41) is 4.44. The predicted molar refractivity (Wildman–Crippen MR) is 115 cm³/mol. The number of fused-ring (bicyclic) bond motifs is 5. The van der Waals surface area contributed by atoms with E-state index in [0.29, 0.717) is 17.9 Å². The molecule has 0 aromatic carbocycles. The Kier molecular flexibility index (Phi) is 5.08. The molecule has 0 radical (unpaired) electrons. The maximum Gasteiger partial charge on any atom is 0.229 e. The Morgan fingerprint density at radius 1 is 1.17 bits per heavy atom. The molecule has 2 aliphatic heterocycles. The van der Waals surface area contributed by atoms with E-state index in [2.05, 4.69) is 34.0 Å². The molecule has 0 saturated carbocycles. The molecule has 0 unspecified atom stereocenters. The van der Waals surface area contributed by atoms with Crippen LogP contribution in [0.4, 0.5) is 5.82 Å². The highest BCUT2D eigenvalue weighted by atomic mass is 16.5. The van der Waals surface area contributed by atoms with Crippen LogP contribution in [0, 0.1) is 6.92 Å². The highest BCUT2D eigenvalue weighted by Crippen LogP contribution is 2.39. The molecule has 5 heterocycles. The predicted octanol–water partition coefficient (Wildman–Crippen LogP) is 3.06. The number of hydrogen-bond donors (Lipinski definition) is 1. The van der Waals surface area contributed by atoms with Crippen molar-refractivity contribution >= 4 is 28.0 Å². The van der Waals surface area contributed by atoms with Crippen LogP contribution in [0.25, 0.3) is 22.2 Å². The minimum atomic E-state index is -0.217. The average Bonchev–Trinajstić information content (AvgIpc) is 3.10. The number of morpholine rings is 1. The van der Waals surface area contributed by atoms with Gasteiger partial charge in [0.05, 0.1) is 30.8 Å². The highest BCUT2D eigenvalue weighted by molar-refractivity contribution is 6.06. The molecule has 1 saturated heterocycles. The first-order chi connectivity index (χ1) is 14.5. The van der Waals surface area contributed by atoms with Crippen molar-refractivity contribution in [2.75, 3.05) is 44.7 Å². The van der Waals surface area contributed by atoms with Gasteiger partial charge in [0, 0.05) is 37.3 Å². The molecule has 8 heteroatoms. The number of aromatic nitrogens is 3. The number of pyridine rings is 1. The van der Waals surface area contributed by atoms with Gasteiger partial charge >= 0.3 is 0 Å². The number of ether oxygens (including phenoxy) is 2. The standard InChI is InChI=1S/C22H29N5O3/c1-14-16-12-29-22(2,3)11-15(16)17-18-19(30-21(17)26-14)20(25-13-24-18)23-5-4-6-27-7-9-28-10-8-27/h13H,4-12H2,1-3H3,(H,23,24,25). The van der Waals surface area contributed by atoms with Crippen molar-refractivity contribution in [3.8, 4) is 0 Å². The zero-order chi connectivity index (χ0) is 20.7. The molecule has 1 fully saturated rings. The Labute approximate surface area is 176 Å². The van der Waals surface area contributed by atoms with Crippen LogP contribution in [0.15, 0.2) is 10.7 Å². The fourth-order valence-electron chi connectivity index (χ4n) is 4.43. The largest absolute Gasteiger partial charge is 0.432 e. The highest BCUT2D eigenvalue weighted by Gasteiger charge is 2.31. The van der Waals surface area contributed by atoms with E-state index in [1.54, 1.807) is 6.33 Å². The van der Waals surface area contributed by atoms with E-state index in [1.807, 2.05) is 6.92 Å². The van der Waals surface area contributed by atoms with E-state index < -0.39 is 0 Å². The Hall–Kier alpha value is -2.29. The quantitative estimate of drug-likeness (QED) is 0.641. The molecule has 8 nitrogen and oxygen atoms in total. The van der Waals surface area contributed by atoms with Crippen molar-refractivity contribution in [3.05, 3.63) is 23.1 Å². The number of nitrogens with one attached hydrogen (secondary N) is 1. The van der Waals surface area contributed by atoms with Crippen molar-refractivity contribution < 1.29 is 13.9 Å². The van der Waals surface area contributed by atoms with E-state index in [0.717, 1.165) is 80.2 Å². The molecule has 0 spiro atoms. The molecule has 0 bridgehead atoms. The molecule has 0 amide bonds. The van der Waals surface area contributed by atoms with Crippen molar-refractivity contribution in [3.63, 3.8) is 0 Å². The first-order valence-corrected chi connectivity index (χ1v) is 10.8. The molecule has 3 aromatic heterocycles. The number of aryl methyl sites for hydroxylation is 1. The lowest BCUT2D eigenvalue weighted by molar-refractivity contribution is -0.0400. The zero-order valence-electron chi connectivity index (χ0n) is 18.0. The SMILES string of the molecule is Cc1nc2oc3c(NCCCN4CCOCC4)ncnc3c2c2c1COC(C)(C)C2. The van der Waals surface area contributed by atoms with E-state index in [4.69, 9.17) is 18.9 Å². The van der Waals surface area contributed by atoms with Crippen LogP contribution in [0.1, 0.15) is 37.1 Å². The molecular weight excluding hydrogens is 382 g/mol. The van der Waals surface area contributed by atoms with Crippen molar-refractivity contribution in [2.45, 2.75) is 45.8 Å². The summed E-state index contributed by atoms with van der Waals surface area (Å²) in [5.41, 5.74) is 5.29. The summed E-state index contributed by atoms with van der Waals surface area (Å²) in [5.74, 6) is 0.734. The van der Waals surface area contributed by atoms with Gasteiger partial charge in [0.1, 0.15) is 11.8 Å². The number of furan rings is 1. The van der Waals surface area contributed by atoms with Gasteiger partial charge in [-0.2, -0.15) is 0 Å². The summed E-state index contributed by atoms with van der Waals surface area (Å²) in [6.07, 6.45) is 3.45. The van der Waals surface area contributed by atoms with Gasteiger partial charge in [-0.25, -0.2) is 15.0 Å². The zero-order valence-corrected chi connectivity index (χ0v) is 18.0. The molecule has 0 atom stereocenters. The topological polar surface area (TPSA) is 85.5 Å². The van der Waals surface area contributed by atoms with Gasteiger partial charge in [-0.15, -0.1) is 0 Å². The minimum Gasteiger partial charge on any atom is -0.432 e. The lowest BCUT2D eigenvalue weighted by Gasteiger charge is -2.32. The summed E-state index contributed by atoms with van der Waals surface area (Å²) in [4.78, 5) is 16.2. The second kappa shape index (κ2) is 7.76. The van der Waals surface area contributed by atoms with E-state index in [1.165, 1.54) is 5.56 Å². The first kappa shape index (κ1) is 19.7. The summed E-state index contributed by atoms with van der Waals surface area (Å²) < 4.78 is 17.6. The van der Waals surface area contributed by atoms with Gasteiger partial charge in [-0.1, -0.05) is 0 Å². The van der Waals surface area contributed by atoms with E-state index in [-0.39, 0.29) is 5.60 Å². The Balaban J connectivity index is 1.43. The van der Waals surface area contributed by atoms with Crippen LogP contribution in [-0.2, 0) is 22.5 Å². The van der Waals surface area contributed by atoms with Crippen LogP contribution >= 0.6 is 0 Å². The van der Waals surface area contributed by atoms with Crippen LogP contribution in [-0.4, -0.2) is 64.8 Å². The minimum absolute atomic E-state index is 0.217. The molecule has 1 N–H and O–H groups in total. The maximum absolute atomic E-state index is 6.18. The number of rotatable bonds is 5. The second-order valence-electron chi connectivity index (χ2n) is 8.80. The van der Waals surface area contributed by atoms with Crippen LogP contribution in [0.3, 0.4) is 0 Å². The normalized spacial score (nSPS) is 19.3. The third-order valence-corrected chi connectivity index (χ3v) is 6.08. The lowest BCUT2D eigenvalue weighted by Crippen LogP contribution is -2.37. The Morgan fingerprint density at radius 2 is 2.00 bits per heavy atom. The molecule has 0 aliphatic carbocycles. The fraction of sp³-hybridized carbons (Fsp3) is 0.591. The molecule has 5 rings (SSSR count). The molecule has 160 valence electrons. The second-order valence-corrected chi connectivity index (χ2v) is 8.80. The van der Waals surface area contributed by atoms with Gasteiger partial charge in [0.2, 0.25) is 5.71 Å². The fourth-order valence-corrected chi connectivity index (χ4v) is 4.43. The van der Waals surface area contributed by atoms with Gasteiger partial charge in [0.15, 0.2) is 11.4 Å². The summed E-state index contributed by atoms with van der Waals surface area (Å²) >= 11 is 0. The number of anilines is 1. The Bertz CT molecular complexity index is 1070. The third-order valence-electron chi connectivity index (χ3n) is 6.08. The lowest BCUT2D eigenvalue weighted by atomic mass is 9.89. The van der Waals surface area contributed by atoms with Crippen molar-refractivity contribution in [2.24, 2.45) is 0 Å². The van der Waals surface area contributed by atoms with Crippen LogP contribution in [0.2, 0.25) is 0 Å². The van der Waals surface area contributed by atoms with Crippen molar-refractivity contribution in [1.82, 2.24) is 19.9 Å². The molecule has 2 aliphatic rings. The van der Waals surface area contributed by atoms with Crippen molar-refractivity contribution in [1.29, 1.82) is 0 Å². The van der Waals surface area contributed by atoms with E-state index >= 15 is 0 Å². The summed E-state index contributed by atoms with van der Waals surface area (Å²) in [6, 6.07) is 0. The monoisotopic (exact) mass is 411 g/mol. The van der Waals surface area contributed by atoms with Crippen LogP contribution < -0.4 is 5.32 Å². The summed E-state index contributed by atoms with van der Waals surface area (Å²) in [7, 11) is 0. The number of nitrogens with zero attached hydrogens (tertiary/aromatic N) is 4. The van der Waals surface area contributed by atoms with Crippen LogP contribution in [0.5, 0.6) is 0 Å². The van der Waals surface area contributed by atoms with Gasteiger partial charge in [-0.05, 0) is 39.3 Å². The molecule has 3 aromatic rings. The Morgan fingerprint density at radius 3 is 2.83 bits per heavy atom. The third kappa shape index (κ3) is 3.64. The summed E-state index contributed by atoms with van der Waals surface area (Å²) in [6.45, 7) is 12.4. The molecular formula is C22H29N5O3. The first-order valence-electron chi connectivity index (χ1n) is 10.8. The maximum atomic E-state index is 6.18. The van der Waals surface area contributed by atoms with E-state index in [9.17, 15) is 0 Å². The van der Waals surface area contributed by atoms with Gasteiger partial charge < -0.3 is 19.2 Å². The number of hydrogen-bond acceptors (Lipinski definition) is 8. The average molecular weight is 412 g/mol. The smallest absolute Gasteiger partial charge is 0.229 e. The molecule has 30 heavy (non-hydrogen) atoms. The van der Waals surface area contributed by atoms with Gasteiger partial charge in [-0.3, -0.25) is 4.90 Å². The van der Waals surface area contributed by atoms with Gasteiger partial charge in [0.25, 0.3) is 0 Å².